The molecule has 0 saturated heterocycles. The molecule has 0 radical (unpaired) electrons. The monoisotopic (exact) mass is 203 g/mol. The fourth-order valence-electron chi connectivity index (χ4n) is 2.65. The first-order chi connectivity index (χ1) is 6.87. The zero-order chi connectivity index (χ0) is 11.3. The Morgan fingerprint density at radius 1 is 1.20 bits per heavy atom. The van der Waals surface area contributed by atoms with Crippen molar-refractivity contribution in [2.45, 2.75) is 39.7 Å². The molecule has 2 unspecified atom stereocenters. The molecule has 0 amide bonds. The molecule has 1 heteroatoms. The van der Waals surface area contributed by atoms with Gasteiger partial charge in [-0.05, 0) is 35.8 Å². The van der Waals surface area contributed by atoms with Crippen LogP contribution in [0.5, 0.6) is 0 Å². The van der Waals surface area contributed by atoms with Crippen molar-refractivity contribution in [2.24, 2.45) is 17.1 Å². The van der Waals surface area contributed by atoms with E-state index in [1.807, 2.05) is 0 Å². The van der Waals surface area contributed by atoms with Crippen molar-refractivity contribution in [3.05, 3.63) is 35.4 Å². The van der Waals surface area contributed by atoms with Crippen molar-refractivity contribution in [1.82, 2.24) is 0 Å². The molecular weight excluding hydrogens is 182 g/mol. The lowest BCUT2D eigenvalue weighted by atomic mass is 9.57. The molecule has 0 aromatic heterocycles. The van der Waals surface area contributed by atoms with Gasteiger partial charge < -0.3 is 5.73 Å². The van der Waals surface area contributed by atoms with E-state index in [4.69, 9.17) is 5.73 Å². The second kappa shape index (κ2) is 3.08. The molecule has 0 bridgehead atoms. The molecule has 0 aliphatic heterocycles. The van der Waals surface area contributed by atoms with Crippen molar-refractivity contribution in [2.75, 3.05) is 0 Å². The average Bonchev–Trinajstić information content (AvgIpc) is 2.16. The Morgan fingerprint density at radius 3 is 2.47 bits per heavy atom. The van der Waals surface area contributed by atoms with Gasteiger partial charge in [-0.1, -0.05) is 45.0 Å². The summed E-state index contributed by atoms with van der Waals surface area (Å²) in [7, 11) is 0. The minimum atomic E-state index is -0.221. The zero-order valence-electron chi connectivity index (χ0n) is 10.2. The van der Waals surface area contributed by atoms with E-state index in [0.717, 1.165) is 6.42 Å². The highest BCUT2D eigenvalue weighted by Crippen LogP contribution is 2.49. The van der Waals surface area contributed by atoms with Crippen molar-refractivity contribution in [3.63, 3.8) is 0 Å². The van der Waals surface area contributed by atoms with Crippen LogP contribution in [0.25, 0.3) is 0 Å². The minimum Gasteiger partial charge on any atom is -0.321 e. The van der Waals surface area contributed by atoms with Gasteiger partial charge in [0.15, 0.2) is 0 Å². The molecule has 0 spiro atoms. The Balaban J connectivity index is 2.61. The largest absolute Gasteiger partial charge is 0.321 e. The predicted octanol–water partition coefficient (Wildman–Crippen LogP) is 3.08. The molecule has 15 heavy (non-hydrogen) atoms. The van der Waals surface area contributed by atoms with E-state index in [1.165, 1.54) is 11.1 Å². The quantitative estimate of drug-likeness (QED) is 0.689. The highest BCUT2D eigenvalue weighted by molar-refractivity contribution is 5.38. The minimum absolute atomic E-state index is 0.154. The molecule has 1 aromatic rings. The van der Waals surface area contributed by atoms with Crippen LogP contribution in [0.4, 0.5) is 0 Å². The molecule has 2 N–H and O–H groups in total. The maximum absolute atomic E-state index is 6.56. The Hall–Kier alpha value is -0.820. The average molecular weight is 203 g/mol. The van der Waals surface area contributed by atoms with Gasteiger partial charge >= 0.3 is 0 Å². The number of hydrogen-bond donors (Lipinski definition) is 1. The maximum Gasteiger partial charge on any atom is 0.0438 e. The number of fused-ring (bicyclic) bond motifs is 1. The van der Waals surface area contributed by atoms with Crippen LogP contribution in [0.1, 0.15) is 38.8 Å². The molecule has 2 rings (SSSR count). The Kier molecular flexibility index (Phi) is 2.20. The summed E-state index contributed by atoms with van der Waals surface area (Å²) in [5.41, 5.74) is 9.24. The Bertz CT molecular complexity index is 377. The van der Waals surface area contributed by atoms with Gasteiger partial charge in [0.2, 0.25) is 0 Å². The van der Waals surface area contributed by atoms with Crippen molar-refractivity contribution < 1.29 is 0 Å². The first kappa shape index (κ1) is 10.7. The van der Waals surface area contributed by atoms with Gasteiger partial charge in [0.05, 0.1) is 0 Å². The van der Waals surface area contributed by atoms with E-state index in [9.17, 15) is 0 Å². The van der Waals surface area contributed by atoms with Crippen molar-refractivity contribution >= 4 is 0 Å². The molecule has 82 valence electrons. The number of nitrogens with two attached hydrogens (primary N) is 1. The third-order valence-corrected chi connectivity index (χ3v) is 4.67. The second-order valence-corrected chi connectivity index (χ2v) is 5.69. The summed E-state index contributed by atoms with van der Waals surface area (Å²) >= 11 is 0. The predicted molar refractivity (Wildman–Crippen MR) is 64.6 cm³/mol. The zero-order valence-corrected chi connectivity index (χ0v) is 10.2. The maximum atomic E-state index is 6.56. The van der Waals surface area contributed by atoms with Crippen LogP contribution in [-0.4, -0.2) is 0 Å². The van der Waals surface area contributed by atoms with Crippen LogP contribution in [0.2, 0.25) is 0 Å². The fraction of sp³-hybridized carbons (Fsp3) is 0.571. The van der Waals surface area contributed by atoms with Crippen LogP contribution in [0.3, 0.4) is 0 Å². The van der Waals surface area contributed by atoms with E-state index < -0.39 is 0 Å². The van der Waals surface area contributed by atoms with Gasteiger partial charge in [0.1, 0.15) is 0 Å². The van der Waals surface area contributed by atoms with E-state index >= 15 is 0 Å². The number of hydrogen-bond acceptors (Lipinski definition) is 1. The SMILES string of the molecule is CC1Cc2ccccc2C(C)(N)C1(C)C. The standard InChI is InChI=1S/C14H21N/c1-10-9-11-7-5-6-8-12(11)14(4,15)13(10,2)3/h5-8,10H,9,15H2,1-4H3. The second-order valence-electron chi connectivity index (χ2n) is 5.69. The molecule has 1 aliphatic rings. The normalized spacial score (nSPS) is 33.5. The van der Waals surface area contributed by atoms with Gasteiger partial charge in [0, 0.05) is 5.54 Å². The molecule has 1 aromatic carbocycles. The molecule has 1 aliphatic carbocycles. The molecule has 0 fully saturated rings. The summed E-state index contributed by atoms with van der Waals surface area (Å²) in [5, 5.41) is 0. The van der Waals surface area contributed by atoms with Crippen LogP contribution in [0.15, 0.2) is 24.3 Å². The smallest absolute Gasteiger partial charge is 0.0438 e. The Labute approximate surface area is 92.7 Å². The highest BCUT2D eigenvalue weighted by atomic mass is 14.8. The molecule has 0 heterocycles. The van der Waals surface area contributed by atoms with Gasteiger partial charge in [0.25, 0.3) is 0 Å². The van der Waals surface area contributed by atoms with Gasteiger partial charge in [-0.3, -0.25) is 0 Å². The van der Waals surface area contributed by atoms with Crippen molar-refractivity contribution in [3.8, 4) is 0 Å². The molecule has 1 nitrogen and oxygen atoms in total. The lowest BCUT2D eigenvalue weighted by molar-refractivity contribution is 0.0881. The van der Waals surface area contributed by atoms with Crippen LogP contribution in [-0.2, 0) is 12.0 Å². The molecule has 2 atom stereocenters. The number of benzene rings is 1. The van der Waals surface area contributed by atoms with Crippen LogP contribution in [0, 0.1) is 11.3 Å². The van der Waals surface area contributed by atoms with Crippen LogP contribution < -0.4 is 5.73 Å². The summed E-state index contributed by atoms with van der Waals surface area (Å²) in [5.74, 6) is 0.627. The first-order valence-electron chi connectivity index (χ1n) is 5.74. The summed E-state index contributed by atoms with van der Waals surface area (Å²) in [6.07, 6.45) is 1.15. The van der Waals surface area contributed by atoms with Gasteiger partial charge in [-0.2, -0.15) is 0 Å². The van der Waals surface area contributed by atoms with Gasteiger partial charge in [-0.15, -0.1) is 0 Å². The lowest BCUT2D eigenvalue weighted by Gasteiger charge is -2.50. The lowest BCUT2D eigenvalue weighted by Crippen LogP contribution is -2.54. The summed E-state index contributed by atoms with van der Waals surface area (Å²) < 4.78 is 0. The van der Waals surface area contributed by atoms with Crippen LogP contribution >= 0.6 is 0 Å². The molecular formula is C14H21N. The van der Waals surface area contributed by atoms with E-state index in [-0.39, 0.29) is 11.0 Å². The number of rotatable bonds is 0. The molecule has 0 saturated carbocycles. The van der Waals surface area contributed by atoms with E-state index in [2.05, 4.69) is 52.0 Å². The van der Waals surface area contributed by atoms with Gasteiger partial charge in [-0.25, -0.2) is 0 Å². The highest BCUT2D eigenvalue weighted by Gasteiger charge is 2.46. The summed E-state index contributed by atoms with van der Waals surface area (Å²) in [6.45, 7) is 9.05. The van der Waals surface area contributed by atoms with E-state index in [1.54, 1.807) is 0 Å². The first-order valence-corrected chi connectivity index (χ1v) is 5.74. The Morgan fingerprint density at radius 2 is 1.80 bits per heavy atom. The summed E-state index contributed by atoms with van der Waals surface area (Å²) in [6, 6.07) is 8.60. The third kappa shape index (κ3) is 1.33. The topological polar surface area (TPSA) is 26.0 Å². The third-order valence-electron chi connectivity index (χ3n) is 4.67. The fourth-order valence-corrected chi connectivity index (χ4v) is 2.65. The van der Waals surface area contributed by atoms with Crippen molar-refractivity contribution in [1.29, 1.82) is 0 Å². The van der Waals surface area contributed by atoms with E-state index in [0.29, 0.717) is 5.92 Å². The summed E-state index contributed by atoms with van der Waals surface area (Å²) in [4.78, 5) is 0.